The summed E-state index contributed by atoms with van der Waals surface area (Å²) in [6.45, 7) is 3.92. The van der Waals surface area contributed by atoms with Crippen LogP contribution in [0.2, 0.25) is 0 Å². The highest BCUT2D eigenvalue weighted by Gasteiger charge is 2.06. The summed E-state index contributed by atoms with van der Waals surface area (Å²) in [6, 6.07) is 18.8. The number of hydrogen-bond acceptors (Lipinski definition) is 4. The van der Waals surface area contributed by atoms with Crippen LogP contribution in [0.3, 0.4) is 0 Å². The van der Waals surface area contributed by atoms with Crippen LogP contribution in [0.25, 0.3) is 0 Å². The maximum Gasteiger partial charge on any atom is 0.255 e. The predicted octanol–water partition coefficient (Wildman–Crippen LogP) is 4.50. The molecule has 4 nitrogen and oxygen atoms in total. The molecule has 0 aliphatic rings. The van der Waals surface area contributed by atoms with Crippen molar-refractivity contribution in [1.82, 2.24) is 9.97 Å². The molecule has 0 aliphatic heterocycles. The summed E-state index contributed by atoms with van der Waals surface area (Å²) in [5.41, 5.74) is 3.31. The molecule has 1 amide bonds. The molecule has 1 aromatic heterocycles. The number of carbonyl (C=O) groups excluding carboxylic acids is 1. The molecule has 120 valence electrons. The average molecular weight is 335 g/mol. The minimum atomic E-state index is -0.117. The van der Waals surface area contributed by atoms with Crippen LogP contribution in [0.4, 0.5) is 5.69 Å². The molecule has 0 fully saturated rings. The number of aryl methyl sites for hydroxylation is 2. The number of anilines is 1. The van der Waals surface area contributed by atoms with Crippen LogP contribution < -0.4 is 5.32 Å². The van der Waals surface area contributed by atoms with Gasteiger partial charge in [0, 0.05) is 27.5 Å². The molecule has 3 aromatic rings. The summed E-state index contributed by atoms with van der Waals surface area (Å²) in [5, 5.41) is 3.62. The lowest BCUT2D eigenvalue weighted by molar-refractivity contribution is 0.102. The third-order valence-corrected chi connectivity index (χ3v) is 4.19. The fourth-order valence-corrected chi connectivity index (χ4v) is 3.11. The molecule has 24 heavy (non-hydrogen) atoms. The van der Waals surface area contributed by atoms with Crippen molar-refractivity contribution < 1.29 is 4.79 Å². The van der Waals surface area contributed by atoms with Gasteiger partial charge in [0.1, 0.15) is 0 Å². The molecule has 0 radical (unpaired) electrons. The van der Waals surface area contributed by atoms with Gasteiger partial charge in [-0.2, -0.15) is 0 Å². The highest BCUT2D eigenvalue weighted by Crippen LogP contribution is 2.26. The number of nitrogens with zero attached hydrogens (tertiary/aromatic N) is 2. The lowest BCUT2D eigenvalue weighted by Gasteiger charge is -2.07. The van der Waals surface area contributed by atoms with Crippen LogP contribution in [-0.2, 0) is 0 Å². The van der Waals surface area contributed by atoms with E-state index in [1.54, 1.807) is 12.1 Å². The first-order valence-electron chi connectivity index (χ1n) is 7.57. The summed E-state index contributed by atoms with van der Waals surface area (Å²) in [6.07, 6.45) is 0. The van der Waals surface area contributed by atoms with Crippen molar-refractivity contribution in [3.63, 3.8) is 0 Å². The van der Waals surface area contributed by atoms with Gasteiger partial charge in [-0.05, 0) is 68.1 Å². The van der Waals surface area contributed by atoms with Gasteiger partial charge in [0.25, 0.3) is 5.91 Å². The Morgan fingerprint density at radius 2 is 1.54 bits per heavy atom. The van der Waals surface area contributed by atoms with E-state index in [0.717, 1.165) is 27.1 Å². The van der Waals surface area contributed by atoms with Gasteiger partial charge in [-0.1, -0.05) is 18.2 Å². The molecule has 0 saturated heterocycles. The largest absolute Gasteiger partial charge is 0.322 e. The summed E-state index contributed by atoms with van der Waals surface area (Å²) in [5.74, 6) is -0.117. The average Bonchev–Trinajstić information content (AvgIpc) is 2.56. The van der Waals surface area contributed by atoms with E-state index in [9.17, 15) is 4.79 Å². The quantitative estimate of drug-likeness (QED) is 0.713. The minimum Gasteiger partial charge on any atom is -0.322 e. The second-order valence-corrected chi connectivity index (χ2v) is 6.42. The molecule has 0 spiro atoms. The third-order valence-electron chi connectivity index (χ3n) is 3.32. The molecule has 0 saturated carbocycles. The standard InChI is InChI=1S/C19H17N3OS/c1-13-12-14(2)21-19(20-13)24-17-10-8-16(9-11-17)22-18(23)15-6-4-3-5-7-15/h3-12H,1-2H3,(H,22,23). The van der Waals surface area contributed by atoms with Gasteiger partial charge in [-0.25, -0.2) is 9.97 Å². The lowest BCUT2D eigenvalue weighted by Crippen LogP contribution is -2.11. The van der Waals surface area contributed by atoms with Crippen molar-refractivity contribution in [2.24, 2.45) is 0 Å². The number of nitrogens with one attached hydrogen (secondary N) is 1. The maximum absolute atomic E-state index is 12.1. The van der Waals surface area contributed by atoms with Crippen LogP contribution in [-0.4, -0.2) is 15.9 Å². The van der Waals surface area contributed by atoms with E-state index in [-0.39, 0.29) is 5.91 Å². The molecule has 1 heterocycles. The highest BCUT2D eigenvalue weighted by atomic mass is 32.2. The van der Waals surface area contributed by atoms with Gasteiger partial charge >= 0.3 is 0 Å². The Balaban J connectivity index is 1.68. The van der Waals surface area contributed by atoms with Crippen LogP contribution in [0, 0.1) is 13.8 Å². The summed E-state index contributed by atoms with van der Waals surface area (Å²) in [7, 11) is 0. The van der Waals surface area contributed by atoms with E-state index in [1.165, 1.54) is 11.8 Å². The van der Waals surface area contributed by atoms with Crippen LogP contribution in [0.5, 0.6) is 0 Å². The molecule has 3 rings (SSSR count). The zero-order valence-corrected chi connectivity index (χ0v) is 14.3. The Hall–Kier alpha value is -2.66. The summed E-state index contributed by atoms with van der Waals surface area (Å²) >= 11 is 1.50. The zero-order valence-electron chi connectivity index (χ0n) is 13.5. The van der Waals surface area contributed by atoms with Crippen molar-refractivity contribution in [2.75, 3.05) is 5.32 Å². The topological polar surface area (TPSA) is 54.9 Å². The van der Waals surface area contributed by atoms with E-state index in [1.807, 2.05) is 62.4 Å². The Kier molecular flexibility index (Phi) is 4.91. The Labute approximate surface area is 145 Å². The van der Waals surface area contributed by atoms with Crippen LogP contribution in [0.15, 0.2) is 70.7 Å². The molecular formula is C19H17N3OS. The highest BCUT2D eigenvalue weighted by molar-refractivity contribution is 7.99. The van der Waals surface area contributed by atoms with Crippen molar-refractivity contribution in [2.45, 2.75) is 23.9 Å². The van der Waals surface area contributed by atoms with Crippen molar-refractivity contribution >= 4 is 23.4 Å². The SMILES string of the molecule is Cc1cc(C)nc(Sc2ccc(NC(=O)c3ccccc3)cc2)n1. The van der Waals surface area contributed by atoms with Gasteiger partial charge in [0.15, 0.2) is 5.16 Å². The van der Waals surface area contributed by atoms with E-state index < -0.39 is 0 Å². The normalized spacial score (nSPS) is 10.4. The Morgan fingerprint density at radius 1 is 0.917 bits per heavy atom. The first kappa shape index (κ1) is 16.2. The van der Waals surface area contributed by atoms with Gasteiger partial charge in [0.2, 0.25) is 0 Å². The van der Waals surface area contributed by atoms with E-state index in [4.69, 9.17) is 0 Å². The number of rotatable bonds is 4. The number of carbonyl (C=O) groups is 1. The predicted molar refractivity (Wildman–Crippen MR) is 96.5 cm³/mol. The molecule has 0 atom stereocenters. The minimum absolute atomic E-state index is 0.117. The van der Waals surface area contributed by atoms with Crippen LogP contribution >= 0.6 is 11.8 Å². The molecular weight excluding hydrogens is 318 g/mol. The first-order chi connectivity index (χ1) is 11.6. The Morgan fingerprint density at radius 3 is 2.17 bits per heavy atom. The summed E-state index contributed by atoms with van der Waals surface area (Å²) in [4.78, 5) is 22.0. The number of hydrogen-bond donors (Lipinski definition) is 1. The van der Waals surface area contributed by atoms with Gasteiger partial charge in [-0.15, -0.1) is 0 Å². The second-order valence-electron chi connectivity index (χ2n) is 5.38. The van der Waals surface area contributed by atoms with Gasteiger partial charge in [-0.3, -0.25) is 4.79 Å². The van der Waals surface area contributed by atoms with E-state index >= 15 is 0 Å². The number of benzene rings is 2. The molecule has 0 bridgehead atoms. The molecule has 0 aliphatic carbocycles. The fraction of sp³-hybridized carbons (Fsp3) is 0.105. The third kappa shape index (κ3) is 4.20. The fourth-order valence-electron chi connectivity index (χ4n) is 2.24. The first-order valence-corrected chi connectivity index (χ1v) is 8.38. The van der Waals surface area contributed by atoms with Gasteiger partial charge < -0.3 is 5.32 Å². The smallest absolute Gasteiger partial charge is 0.255 e. The van der Waals surface area contributed by atoms with Crippen molar-refractivity contribution in [1.29, 1.82) is 0 Å². The molecule has 5 heteroatoms. The second kappa shape index (κ2) is 7.27. The summed E-state index contributed by atoms with van der Waals surface area (Å²) < 4.78 is 0. The van der Waals surface area contributed by atoms with E-state index in [2.05, 4.69) is 15.3 Å². The van der Waals surface area contributed by atoms with Gasteiger partial charge in [0.05, 0.1) is 0 Å². The number of aromatic nitrogens is 2. The zero-order chi connectivity index (χ0) is 16.9. The lowest BCUT2D eigenvalue weighted by atomic mass is 10.2. The Bertz CT molecular complexity index is 828. The van der Waals surface area contributed by atoms with Crippen molar-refractivity contribution in [3.05, 3.63) is 77.6 Å². The monoisotopic (exact) mass is 335 g/mol. The maximum atomic E-state index is 12.1. The van der Waals surface area contributed by atoms with E-state index in [0.29, 0.717) is 5.56 Å². The van der Waals surface area contributed by atoms with Crippen molar-refractivity contribution in [3.8, 4) is 0 Å². The molecule has 1 N–H and O–H groups in total. The molecule has 0 unspecified atom stereocenters. The number of amides is 1. The molecule has 2 aromatic carbocycles. The van der Waals surface area contributed by atoms with Crippen LogP contribution in [0.1, 0.15) is 21.7 Å².